The van der Waals surface area contributed by atoms with Gasteiger partial charge in [0.25, 0.3) is 0 Å². The maximum atomic E-state index is 13.3. The normalized spacial score (nSPS) is 11.5. The summed E-state index contributed by atoms with van der Waals surface area (Å²) < 4.78 is 41.0. The van der Waals surface area contributed by atoms with E-state index in [1.54, 1.807) is 18.2 Å². The summed E-state index contributed by atoms with van der Waals surface area (Å²) >= 11 is 0. The lowest BCUT2D eigenvalue weighted by atomic mass is 10.2. The first-order valence-corrected chi connectivity index (χ1v) is 11.6. The maximum absolute atomic E-state index is 13.3. The summed E-state index contributed by atoms with van der Waals surface area (Å²) in [6.45, 7) is 1.07. The maximum Gasteiger partial charge on any atom is 0.240 e. The van der Waals surface area contributed by atoms with Crippen LogP contribution in [0.2, 0.25) is 0 Å². The molecule has 8 heteroatoms. The standard InChI is InChI=1S/C24H26FN3O3S/c1-28(17-19-7-3-2-4-8-19)18-24(29)26-15-21-10-6-12-23(14-21)32(30,31)27-16-20-9-5-11-22(25)13-20/h2-14,27H,15-18H2,1H3,(H,26,29). The largest absolute Gasteiger partial charge is 0.351 e. The number of likely N-dealkylation sites (N-methyl/N-ethyl adjacent to an activating group) is 1. The van der Waals surface area contributed by atoms with E-state index in [1.165, 1.54) is 30.3 Å². The van der Waals surface area contributed by atoms with Crippen molar-refractivity contribution in [1.29, 1.82) is 0 Å². The molecule has 0 bridgehead atoms. The van der Waals surface area contributed by atoms with Gasteiger partial charge in [0.1, 0.15) is 5.82 Å². The quantitative estimate of drug-likeness (QED) is 0.493. The predicted octanol–water partition coefficient (Wildman–Crippen LogP) is 3.05. The van der Waals surface area contributed by atoms with Crippen molar-refractivity contribution in [3.63, 3.8) is 0 Å². The van der Waals surface area contributed by atoms with Gasteiger partial charge in [0.05, 0.1) is 11.4 Å². The molecule has 0 aliphatic carbocycles. The second-order valence-electron chi connectivity index (χ2n) is 7.54. The minimum absolute atomic E-state index is 0.0190. The highest BCUT2D eigenvalue weighted by atomic mass is 32.2. The summed E-state index contributed by atoms with van der Waals surface area (Å²) in [6, 6.07) is 22.0. The van der Waals surface area contributed by atoms with Crippen molar-refractivity contribution in [3.05, 3.63) is 101 Å². The number of carbonyl (C=O) groups is 1. The van der Waals surface area contributed by atoms with Gasteiger partial charge in [0.15, 0.2) is 0 Å². The Kier molecular flexibility index (Phi) is 8.10. The molecule has 0 aromatic heterocycles. The first-order valence-electron chi connectivity index (χ1n) is 10.1. The highest BCUT2D eigenvalue weighted by molar-refractivity contribution is 7.89. The van der Waals surface area contributed by atoms with E-state index in [4.69, 9.17) is 0 Å². The Hall–Kier alpha value is -3.07. The molecule has 168 valence electrons. The fraction of sp³-hybridized carbons (Fsp3) is 0.208. The van der Waals surface area contributed by atoms with Gasteiger partial charge in [-0.1, -0.05) is 54.6 Å². The topological polar surface area (TPSA) is 78.5 Å². The summed E-state index contributed by atoms with van der Waals surface area (Å²) in [7, 11) is -1.91. The highest BCUT2D eigenvalue weighted by Crippen LogP contribution is 2.13. The van der Waals surface area contributed by atoms with Crippen LogP contribution in [0.5, 0.6) is 0 Å². The number of nitrogens with zero attached hydrogens (tertiary/aromatic N) is 1. The fourth-order valence-electron chi connectivity index (χ4n) is 3.18. The molecule has 0 radical (unpaired) electrons. The van der Waals surface area contributed by atoms with E-state index in [0.29, 0.717) is 17.7 Å². The van der Waals surface area contributed by atoms with Crippen LogP contribution in [0.4, 0.5) is 4.39 Å². The molecular weight excluding hydrogens is 429 g/mol. The van der Waals surface area contributed by atoms with Crippen LogP contribution >= 0.6 is 0 Å². The number of hydrogen-bond acceptors (Lipinski definition) is 4. The molecule has 3 rings (SSSR count). The molecule has 0 saturated heterocycles. The third kappa shape index (κ3) is 7.26. The molecule has 0 fully saturated rings. The van der Waals surface area contributed by atoms with Crippen molar-refractivity contribution in [1.82, 2.24) is 14.9 Å². The van der Waals surface area contributed by atoms with Crippen LogP contribution in [0.3, 0.4) is 0 Å². The van der Waals surface area contributed by atoms with Gasteiger partial charge in [0, 0.05) is 19.6 Å². The number of benzene rings is 3. The van der Waals surface area contributed by atoms with Crippen LogP contribution in [-0.4, -0.2) is 32.8 Å². The molecule has 0 heterocycles. The highest BCUT2D eigenvalue weighted by Gasteiger charge is 2.15. The third-order valence-electron chi connectivity index (χ3n) is 4.76. The lowest BCUT2D eigenvalue weighted by molar-refractivity contribution is -0.122. The van der Waals surface area contributed by atoms with Crippen LogP contribution in [0.1, 0.15) is 16.7 Å². The van der Waals surface area contributed by atoms with Crippen molar-refractivity contribution in [3.8, 4) is 0 Å². The zero-order valence-corrected chi connectivity index (χ0v) is 18.6. The number of hydrogen-bond donors (Lipinski definition) is 2. The Morgan fingerprint density at radius 1 is 0.875 bits per heavy atom. The van der Waals surface area contributed by atoms with E-state index in [-0.39, 0.29) is 30.4 Å². The summed E-state index contributed by atoms with van der Waals surface area (Å²) in [5.41, 5.74) is 2.31. The lowest BCUT2D eigenvalue weighted by Crippen LogP contribution is -2.34. The summed E-state index contributed by atoms with van der Waals surface area (Å²) in [5, 5.41) is 2.82. The molecular formula is C24H26FN3O3S. The van der Waals surface area contributed by atoms with Gasteiger partial charge in [-0.25, -0.2) is 17.5 Å². The van der Waals surface area contributed by atoms with Gasteiger partial charge in [-0.15, -0.1) is 0 Å². The molecule has 0 aliphatic heterocycles. The van der Waals surface area contributed by atoms with Crippen molar-refractivity contribution in [2.75, 3.05) is 13.6 Å². The Bertz CT molecular complexity index is 1150. The van der Waals surface area contributed by atoms with Crippen molar-refractivity contribution in [2.24, 2.45) is 0 Å². The Morgan fingerprint density at radius 2 is 1.53 bits per heavy atom. The Balaban J connectivity index is 1.53. The van der Waals surface area contributed by atoms with E-state index in [2.05, 4.69) is 10.0 Å². The molecule has 0 aliphatic rings. The molecule has 0 atom stereocenters. The summed E-state index contributed by atoms with van der Waals surface area (Å²) in [5.74, 6) is -0.574. The average molecular weight is 456 g/mol. The molecule has 0 saturated carbocycles. The number of nitrogens with one attached hydrogen (secondary N) is 2. The van der Waals surface area contributed by atoms with E-state index in [1.807, 2.05) is 42.3 Å². The molecule has 3 aromatic carbocycles. The van der Waals surface area contributed by atoms with Crippen LogP contribution in [0.25, 0.3) is 0 Å². The molecule has 32 heavy (non-hydrogen) atoms. The third-order valence-corrected chi connectivity index (χ3v) is 6.16. The van der Waals surface area contributed by atoms with Crippen LogP contribution in [0, 0.1) is 5.82 Å². The van der Waals surface area contributed by atoms with Gasteiger partial charge in [0.2, 0.25) is 15.9 Å². The zero-order chi connectivity index (χ0) is 23.0. The summed E-state index contributed by atoms with van der Waals surface area (Å²) in [6.07, 6.45) is 0. The molecule has 0 unspecified atom stereocenters. The monoisotopic (exact) mass is 455 g/mol. The van der Waals surface area contributed by atoms with E-state index < -0.39 is 15.8 Å². The Labute approximate surface area is 188 Å². The predicted molar refractivity (Wildman–Crippen MR) is 121 cm³/mol. The molecule has 3 aromatic rings. The van der Waals surface area contributed by atoms with Gasteiger partial charge < -0.3 is 5.32 Å². The second-order valence-corrected chi connectivity index (χ2v) is 9.30. The van der Waals surface area contributed by atoms with E-state index >= 15 is 0 Å². The SMILES string of the molecule is CN(CC(=O)NCc1cccc(S(=O)(=O)NCc2cccc(F)c2)c1)Cc1ccccc1. The molecule has 0 spiro atoms. The average Bonchev–Trinajstić information content (AvgIpc) is 2.77. The minimum atomic E-state index is -3.78. The van der Waals surface area contributed by atoms with Crippen molar-refractivity contribution >= 4 is 15.9 Å². The number of halogens is 1. The van der Waals surface area contributed by atoms with Gasteiger partial charge in [-0.3, -0.25) is 9.69 Å². The number of sulfonamides is 1. The smallest absolute Gasteiger partial charge is 0.240 e. The Morgan fingerprint density at radius 3 is 2.25 bits per heavy atom. The van der Waals surface area contributed by atoms with Crippen molar-refractivity contribution < 1.29 is 17.6 Å². The summed E-state index contributed by atoms with van der Waals surface area (Å²) in [4.78, 5) is 14.3. The van der Waals surface area contributed by atoms with E-state index in [9.17, 15) is 17.6 Å². The molecule has 2 N–H and O–H groups in total. The van der Waals surface area contributed by atoms with Crippen LogP contribution in [-0.2, 0) is 34.5 Å². The minimum Gasteiger partial charge on any atom is -0.351 e. The zero-order valence-electron chi connectivity index (χ0n) is 17.8. The van der Waals surface area contributed by atoms with Gasteiger partial charge >= 0.3 is 0 Å². The first-order chi connectivity index (χ1) is 15.3. The van der Waals surface area contributed by atoms with Gasteiger partial charge in [-0.2, -0.15) is 0 Å². The van der Waals surface area contributed by atoms with Gasteiger partial charge in [-0.05, 0) is 48.0 Å². The molecule has 6 nitrogen and oxygen atoms in total. The number of amides is 1. The fourth-order valence-corrected chi connectivity index (χ4v) is 4.27. The number of carbonyl (C=O) groups excluding carboxylic acids is 1. The van der Waals surface area contributed by atoms with Crippen LogP contribution < -0.4 is 10.0 Å². The second kappa shape index (κ2) is 11.0. The lowest BCUT2D eigenvalue weighted by Gasteiger charge is -2.16. The van der Waals surface area contributed by atoms with E-state index in [0.717, 1.165) is 5.56 Å². The van der Waals surface area contributed by atoms with Crippen molar-refractivity contribution in [2.45, 2.75) is 24.5 Å². The first kappa shape index (κ1) is 23.6. The van der Waals surface area contributed by atoms with Crippen LogP contribution in [0.15, 0.2) is 83.8 Å². The number of rotatable bonds is 10. The molecule has 1 amide bonds.